The van der Waals surface area contributed by atoms with Crippen LogP contribution in [0.15, 0.2) is 48.5 Å². The highest BCUT2D eigenvalue weighted by Gasteiger charge is 2.16. The summed E-state index contributed by atoms with van der Waals surface area (Å²) in [6.07, 6.45) is 0.642. The quantitative estimate of drug-likeness (QED) is 0.899. The minimum Gasteiger partial charge on any atom is -0.410 e. The van der Waals surface area contributed by atoms with E-state index in [2.05, 4.69) is 22.8 Å². The van der Waals surface area contributed by atoms with Crippen LogP contribution in [0.5, 0.6) is 5.75 Å². The van der Waals surface area contributed by atoms with E-state index in [9.17, 15) is 4.79 Å². The van der Waals surface area contributed by atoms with Gasteiger partial charge in [-0.3, -0.25) is 5.32 Å². The number of ether oxygens (including phenoxy) is 1. The van der Waals surface area contributed by atoms with Gasteiger partial charge in [-0.2, -0.15) is 0 Å². The lowest BCUT2D eigenvalue weighted by Gasteiger charge is -2.10. The Morgan fingerprint density at radius 3 is 2.50 bits per heavy atom. The number of rotatable bonds is 3. The van der Waals surface area contributed by atoms with Gasteiger partial charge in [-0.05, 0) is 60.8 Å². The number of anilines is 1. The van der Waals surface area contributed by atoms with Gasteiger partial charge in [0.1, 0.15) is 5.75 Å². The van der Waals surface area contributed by atoms with Crippen molar-refractivity contribution in [1.29, 1.82) is 0 Å². The number of halogens is 1. The number of benzene rings is 2. The first-order chi connectivity index (χ1) is 10.7. The standard InChI is InChI=1S/C17H17ClN2O2/c18-14-3-7-16(8-4-14)22-17(21)20-15-5-1-12(2-6-15)13-9-10-19-11-13/h1-8,13,19H,9-11H2,(H,20,21). The van der Waals surface area contributed by atoms with Crippen LogP contribution >= 0.6 is 11.6 Å². The molecule has 2 aromatic rings. The molecular formula is C17H17ClN2O2. The first-order valence-corrected chi connectivity index (χ1v) is 7.63. The Labute approximate surface area is 134 Å². The Morgan fingerprint density at radius 1 is 1.14 bits per heavy atom. The average molecular weight is 317 g/mol. The Morgan fingerprint density at radius 2 is 1.86 bits per heavy atom. The number of carbonyl (C=O) groups is 1. The SMILES string of the molecule is O=C(Nc1ccc(C2CCNC2)cc1)Oc1ccc(Cl)cc1. The van der Waals surface area contributed by atoms with Gasteiger partial charge in [-0.1, -0.05) is 23.7 Å². The maximum atomic E-state index is 11.8. The number of nitrogens with one attached hydrogen (secondary N) is 2. The maximum absolute atomic E-state index is 11.8. The second-order valence-corrected chi connectivity index (χ2v) is 5.72. The number of hydrogen-bond acceptors (Lipinski definition) is 3. The van der Waals surface area contributed by atoms with Crippen molar-refractivity contribution in [1.82, 2.24) is 5.32 Å². The smallest absolute Gasteiger partial charge is 0.410 e. The Kier molecular flexibility index (Phi) is 4.61. The lowest BCUT2D eigenvalue weighted by Crippen LogP contribution is -2.16. The second kappa shape index (κ2) is 6.81. The third-order valence-electron chi connectivity index (χ3n) is 3.71. The van der Waals surface area contributed by atoms with Crippen molar-refractivity contribution in [2.45, 2.75) is 12.3 Å². The normalized spacial score (nSPS) is 17.2. The van der Waals surface area contributed by atoms with Crippen LogP contribution in [0.2, 0.25) is 5.02 Å². The fourth-order valence-electron chi connectivity index (χ4n) is 2.53. The van der Waals surface area contributed by atoms with Crippen LogP contribution in [0.3, 0.4) is 0 Å². The first-order valence-electron chi connectivity index (χ1n) is 7.26. The van der Waals surface area contributed by atoms with Gasteiger partial charge in [0.25, 0.3) is 0 Å². The summed E-state index contributed by atoms with van der Waals surface area (Å²) in [5.41, 5.74) is 2.01. The van der Waals surface area contributed by atoms with E-state index in [1.807, 2.05) is 12.1 Å². The molecule has 1 fully saturated rings. The van der Waals surface area contributed by atoms with Crippen molar-refractivity contribution >= 4 is 23.4 Å². The van der Waals surface area contributed by atoms with Gasteiger partial charge in [-0.25, -0.2) is 4.79 Å². The molecule has 5 heteroatoms. The van der Waals surface area contributed by atoms with E-state index in [4.69, 9.17) is 16.3 Å². The summed E-state index contributed by atoms with van der Waals surface area (Å²) in [4.78, 5) is 11.8. The van der Waals surface area contributed by atoms with Crippen LogP contribution in [0.1, 0.15) is 17.9 Å². The number of hydrogen-bond donors (Lipinski definition) is 2. The van der Waals surface area contributed by atoms with Gasteiger partial charge in [-0.15, -0.1) is 0 Å². The Hall–Kier alpha value is -2.04. The van der Waals surface area contributed by atoms with Crippen molar-refractivity contribution in [2.75, 3.05) is 18.4 Å². The van der Waals surface area contributed by atoms with E-state index < -0.39 is 6.09 Å². The molecule has 1 amide bonds. The monoisotopic (exact) mass is 316 g/mol. The van der Waals surface area contributed by atoms with Crippen molar-refractivity contribution in [2.24, 2.45) is 0 Å². The molecule has 0 spiro atoms. The summed E-state index contributed by atoms with van der Waals surface area (Å²) in [5, 5.41) is 6.66. The zero-order valence-electron chi connectivity index (χ0n) is 12.0. The number of carbonyl (C=O) groups excluding carboxylic acids is 1. The molecule has 3 rings (SSSR count). The van der Waals surface area contributed by atoms with Gasteiger partial charge >= 0.3 is 6.09 Å². The lowest BCUT2D eigenvalue weighted by atomic mass is 9.98. The molecule has 2 N–H and O–H groups in total. The summed E-state index contributed by atoms with van der Waals surface area (Å²) in [5.74, 6) is 1.02. The van der Waals surface area contributed by atoms with Gasteiger partial charge in [0.2, 0.25) is 0 Å². The fraction of sp³-hybridized carbons (Fsp3) is 0.235. The molecule has 0 radical (unpaired) electrons. The highest BCUT2D eigenvalue weighted by atomic mass is 35.5. The van der Waals surface area contributed by atoms with E-state index in [1.54, 1.807) is 24.3 Å². The number of amides is 1. The zero-order chi connectivity index (χ0) is 15.4. The summed E-state index contributed by atoms with van der Waals surface area (Å²) >= 11 is 5.79. The van der Waals surface area contributed by atoms with Crippen molar-refractivity contribution in [3.05, 3.63) is 59.1 Å². The van der Waals surface area contributed by atoms with Gasteiger partial charge in [0, 0.05) is 17.3 Å². The first kappa shape index (κ1) is 14.9. The summed E-state index contributed by atoms with van der Waals surface area (Å²) in [6.45, 7) is 2.09. The van der Waals surface area contributed by atoms with E-state index in [-0.39, 0.29) is 0 Å². The molecular weight excluding hydrogens is 300 g/mol. The minimum absolute atomic E-state index is 0.454. The van der Waals surface area contributed by atoms with Crippen molar-refractivity contribution in [3.63, 3.8) is 0 Å². The van der Waals surface area contributed by atoms with E-state index in [0.717, 1.165) is 19.5 Å². The predicted molar refractivity (Wildman–Crippen MR) is 87.8 cm³/mol. The van der Waals surface area contributed by atoms with Crippen LogP contribution in [0, 0.1) is 0 Å². The Balaban J connectivity index is 1.57. The average Bonchev–Trinajstić information content (AvgIpc) is 3.05. The summed E-state index contributed by atoms with van der Waals surface area (Å²) < 4.78 is 5.18. The van der Waals surface area contributed by atoms with E-state index in [1.165, 1.54) is 5.56 Å². The van der Waals surface area contributed by atoms with Gasteiger partial charge in [0.15, 0.2) is 0 Å². The lowest BCUT2D eigenvalue weighted by molar-refractivity contribution is 0.215. The summed E-state index contributed by atoms with van der Waals surface area (Å²) in [7, 11) is 0. The molecule has 4 nitrogen and oxygen atoms in total. The molecule has 1 aliphatic heterocycles. The molecule has 1 aliphatic rings. The van der Waals surface area contributed by atoms with Gasteiger partial charge < -0.3 is 10.1 Å². The predicted octanol–water partition coefficient (Wildman–Crippen LogP) is 4.03. The zero-order valence-corrected chi connectivity index (χ0v) is 12.8. The van der Waals surface area contributed by atoms with Crippen LogP contribution in [-0.2, 0) is 0 Å². The molecule has 22 heavy (non-hydrogen) atoms. The topological polar surface area (TPSA) is 50.4 Å². The third kappa shape index (κ3) is 3.78. The van der Waals surface area contributed by atoms with Crippen molar-refractivity contribution < 1.29 is 9.53 Å². The minimum atomic E-state index is -0.516. The molecule has 0 saturated carbocycles. The highest BCUT2D eigenvalue weighted by Crippen LogP contribution is 2.23. The fourth-order valence-corrected chi connectivity index (χ4v) is 2.66. The molecule has 114 valence electrons. The molecule has 1 unspecified atom stereocenters. The molecule has 2 aromatic carbocycles. The highest BCUT2D eigenvalue weighted by molar-refractivity contribution is 6.30. The largest absolute Gasteiger partial charge is 0.417 e. The van der Waals surface area contributed by atoms with Crippen LogP contribution in [0.25, 0.3) is 0 Å². The molecule has 1 saturated heterocycles. The molecule has 0 aliphatic carbocycles. The molecule has 1 heterocycles. The van der Waals surface area contributed by atoms with Crippen LogP contribution < -0.4 is 15.4 Å². The van der Waals surface area contributed by atoms with Crippen LogP contribution in [0.4, 0.5) is 10.5 Å². The van der Waals surface area contributed by atoms with Crippen molar-refractivity contribution in [3.8, 4) is 5.75 Å². The maximum Gasteiger partial charge on any atom is 0.417 e. The third-order valence-corrected chi connectivity index (χ3v) is 3.96. The Bertz CT molecular complexity index is 635. The van der Waals surface area contributed by atoms with E-state index >= 15 is 0 Å². The van der Waals surface area contributed by atoms with Crippen LogP contribution in [-0.4, -0.2) is 19.2 Å². The molecule has 0 aromatic heterocycles. The van der Waals surface area contributed by atoms with Gasteiger partial charge in [0.05, 0.1) is 0 Å². The van der Waals surface area contributed by atoms with E-state index in [0.29, 0.717) is 22.4 Å². The second-order valence-electron chi connectivity index (χ2n) is 5.28. The molecule has 1 atom stereocenters. The molecule has 0 bridgehead atoms. The summed E-state index contributed by atoms with van der Waals surface area (Å²) in [6, 6.07) is 14.6.